The average molecular weight is 349 g/mol. The summed E-state index contributed by atoms with van der Waals surface area (Å²) in [5, 5.41) is 5.26. The molecular formula is C16H23N5O4. The van der Waals surface area contributed by atoms with Crippen molar-refractivity contribution in [3.05, 3.63) is 17.3 Å². The van der Waals surface area contributed by atoms with E-state index in [2.05, 4.69) is 15.6 Å². The predicted octanol–water partition coefficient (Wildman–Crippen LogP) is 0.248. The summed E-state index contributed by atoms with van der Waals surface area (Å²) in [5.74, 6) is 0.702. The van der Waals surface area contributed by atoms with Gasteiger partial charge in [0.2, 0.25) is 11.7 Å². The summed E-state index contributed by atoms with van der Waals surface area (Å²) in [6.45, 7) is 4.23. The van der Waals surface area contributed by atoms with Crippen molar-refractivity contribution in [2.75, 3.05) is 13.1 Å². The number of nitrogens with one attached hydrogen (secondary N) is 2. The number of hydrogen-bond acceptors (Lipinski definition) is 5. The number of likely N-dealkylation sites (tertiary alicyclic amines) is 1. The molecule has 1 aliphatic carbocycles. The van der Waals surface area contributed by atoms with E-state index in [1.54, 1.807) is 18.7 Å². The summed E-state index contributed by atoms with van der Waals surface area (Å²) < 4.78 is 5.60. The van der Waals surface area contributed by atoms with E-state index in [9.17, 15) is 14.4 Å². The third-order valence-corrected chi connectivity index (χ3v) is 4.51. The van der Waals surface area contributed by atoms with E-state index in [1.807, 2.05) is 0 Å². The van der Waals surface area contributed by atoms with E-state index in [0.29, 0.717) is 37.0 Å². The number of rotatable bonds is 5. The Bertz CT molecular complexity index is 697. The minimum Gasteiger partial charge on any atom is -0.435 e. The molecule has 0 radical (unpaired) electrons. The van der Waals surface area contributed by atoms with Crippen LogP contribution in [0.3, 0.4) is 0 Å². The fraction of sp³-hybridized carbons (Fsp3) is 0.625. The molecule has 9 heteroatoms. The van der Waals surface area contributed by atoms with Crippen molar-refractivity contribution in [2.24, 2.45) is 5.73 Å². The zero-order valence-electron chi connectivity index (χ0n) is 14.4. The molecule has 1 aromatic rings. The number of hydrogen-bond donors (Lipinski definition) is 3. The Balaban J connectivity index is 1.55. The van der Waals surface area contributed by atoms with Gasteiger partial charge < -0.3 is 25.7 Å². The van der Waals surface area contributed by atoms with Gasteiger partial charge in [0.05, 0.1) is 5.69 Å². The van der Waals surface area contributed by atoms with Gasteiger partial charge >= 0.3 is 6.03 Å². The van der Waals surface area contributed by atoms with E-state index in [1.165, 1.54) is 0 Å². The van der Waals surface area contributed by atoms with E-state index in [4.69, 9.17) is 10.2 Å². The molecule has 1 saturated heterocycles. The molecule has 4 N–H and O–H groups in total. The van der Waals surface area contributed by atoms with Crippen LogP contribution in [0.15, 0.2) is 4.42 Å². The molecule has 136 valence electrons. The van der Waals surface area contributed by atoms with Gasteiger partial charge in [-0.15, -0.1) is 0 Å². The minimum absolute atomic E-state index is 0.161. The number of carbonyl (C=O) groups is 3. The highest BCUT2D eigenvalue weighted by Gasteiger charge is 2.33. The lowest BCUT2D eigenvalue weighted by atomic mass is 10.2. The molecule has 3 rings (SSSR count). The molecule has 9 nitrogen and oxygen atoms in total. The van der Waals surface area contributed by atoms with Crippen molar-refractivity contribution in [1.29, 1.82) is 0 Å². The van der Waals surface area contributed by atoms with Crippen molar-refractivity contribution in [3.63, 3.8) is 0 Å². The Morgan fingerprint density at radius 1 is 1.32 bits per heavy atom. The van der Waals surface area contributed by atoms with Crippen molar-refractivity contribution >= 4 is 17.8 Å². The van der Waals surface area contributed by atoms with Crippen LogP contribution in [0.4, 0.5) is 4.79 Å². The van der Waals surface area contributed by atoms with E-state index < -0.39 is 12.1 Å². The SMILES string of the molecule is Cc1nc(C2CC2)oc1C(=O)N[C@@H]1CCN(C(=O)[C@H](C)NC(N)=O)C1. The molecule has 0 spiro atoms. The lowest BCUT2D eigenvalue weighted by molar-refractivity contribution is -0.131. The first-order valence-electron chi connectivity index (χ1n) is 8.48. The maximum Gasteiger partial charge on any atom is 0.312 e. The number of oxazole rings is 1. The molecule has 0 aromatic carbocycles. The molecule has 2 aliphatic rings. The number of nitrogens with two attached hydrogens (primary N) is 1. The van der Waals surface area contributed by atoms with Crippen LogP contribution in [0.5, 0.6) is 0 Å². The van der Waals surface area contributed by atoms with Crippen LogP contribution in [-0.2, 0) is 4.79 Å². The van der Waals surface area contributed by atoms with Crippen LogP contribution in [0, 0.1) is 6.92 Å². The molecular weight excluding hydrogens is 326 g/mol. The van der Waals surface area contributed by atoms with Gasteiger partial charge in [-0.05, 0) is 33.1 Å². The Morgan fingerprint density at radius 3 is 2.68 bits per heavy atom. The summed E-state index contributed by atoms with van der Waals surface area (Å²) >= 11 is 0. The Morgan fingerprint density at radius 2 is 2.04 bits per heavy atom. The number of nitrogens with zero attached hydrogens (tertiary/aromatic N) is 2. The molecule has 4 amide bonds. The second kappa shape index (κ2) is 6.73. The van der Waals surface area contributed by atoms with Crippen molar-refractivity contribution in [2.45, 2.75) is 51.1 Å². The van der Waals surface area contributed by atoms with Gasteiger partial charge in [0.15, 0.2) is 5.89 Å². The Labute approximate surface area is 145 Å². The lowest BCUT2D eigenvalue weighted by Crippen LogP contribution is -2.48. The second-order valence-electron chi connectivity index (χ2n) is 6.71. The average Bonchev–Trinajstić information content (AvgIpc) is 3.17. The van der Waals surface area contributed by atoms with Gasteiger partial charge in [-0.3, -0.25) is 9.59 Å². The molecule has 2 fully saturated rings. The van der Waals surface area contributed by atoms with Crippen molar-refractivity contribution in [1.82, 2.24) is 20.5 Å². The normalized spacial score (nSPS) is 21.0. The number of amides is 4. The molecule has 0 unspecified atom stereocenters. The highest BCUT2D eigenvalue weighted by atomic mass is 16.4. The maximum atomic E-state index is 12.4. The first kappa shape index (κ1) is 17.2. The highest BCUT2D eigenvalue weighted by Crippen LogP contribution is 2.40. The quantitative estimate of drug-likeness (QED) is 0.701. The summed E-state index contributed by atoms with van der Waals surface area (Å²) in [6.07, 6.45) is 2.75. The fourth-order valence-corrected chi connectivity index (χ4v) is 3.01. The lowest BCUT2D eigenvalue weighted by Gasteiger charge is -2.21. The maximum absolute atomic E-state index is 12.4. The third-order valence-electron chi connectivity index (χ3n) is 4.51. The van der Waals surface area contributed by atoms with Gasteiger partial charge in [0, 0.05) is 25.0 Å². The van der Waals surface area contributed by atoms with E-state index >= 15 is 0 Å². The van der Waals surface area contributed by atoms with Gasteiger partial charge in [0.25, 0.3) is 5.91 Å². The topological polar surface area (TPSA) is 131 Å². The molecule has 1 saturated carbocycles. The molecule has 1 aliphatic heterocycles. The Hall–Kier alpha value is -2.58. The number of urea groups is 1. The summed E-state index contributed by atoms with van der Waals surface area (Å²) in [7, 11) is 0. The monoisotopic (exact) mass is 349 g/mol. The molecule has 1 aromatic heterocycles. The van der Waals surface area contributed by atoms with Crippen LogP contribution >= 0.6 is 0 Å². The molecule has 0 bridgehead atoms. The van der Waals surface area contributed by atoms with Gasteiger partial charge in [-0.1, -0.05) is 0 Å². The minimum atomic E-state index is -0.739. The summed E-state index contributed by atoms with van der Waals surface area (Å²) in [5.41, 5.74) is 5.62. The first-order valence-corrected chi connectivity index (χ1v) is 8.48. The number of carbonyl (C=O) groups excluding carboxylic acids is 3. The van der Waals surface area contributed by atoms with E-state index in [0.717, 1.165) is 12.8 Å². The number of aryl methyl sites for hydroxylation is 1. The first-order chi connectivity index (χ1) is 11.8. The zero-order chi connectivity index (χ0) is 18.1. The van der Waals surface area contributed by atoms with Crippen LogP contribution in [-0.4, -0.2) is 52.9 Å². The van der Waals surface area contributed by atoms with Crippen molar-refractivity contribution in [3.8, 4) is 0 Å². The molecule has 25 heavy (non-hydrogen) atoms. The van der Waals surface area contributed by atoms with Crippen molar-refractivity contribution < 1.29 is 18.8 Å². The molecule has 2 heterocycles. The predicted molar refractivity (Wildman–Crippen MR) is 87.8 cm³/mol. The Kier molecular flexibility index (Phi) is 4.65. The van der Waals surface area contributed by atoms with Crippen LogP contribution < -0.4 is 16.4 Å². The fourth-order valence-electron chi connectivity index (χ4n) is 3.01. The third kappa shape index (κ3) is 3.92. The van der Waals surface area contributed by atoms with Gasteiger partial charge in [-0.25, -0.2) is 9.78 Å². The van der Waals surface area contributed by atoms with Crippen LogP contribution in [0.2, 0.25) is 0 Å². The standard InChI is InChI=1S/C16H23N5O4/c1-8-12(25-14(18-8)10-3-4-10)13(22)20-11-5-6-21(7-11)15(23)9(2)19-16(17)24/h9-11H,3-7H2,1-2H3,(H,20,22)(H3,17,19,24)/t9-,11+/m0/s1. The van der Waals surface area contributed by atoms with Gasteiger partial charge in [0.1, 0.15) is 6.04 Å². The summed E-state index contributed by atoms with van der Waals surface area (Å²) in [6, 6.07) is -1.59. The molecule has 2 atom stereocenters. The number of aromatic nitrogens is 1. The van der Waals surface area contributed by atoms with Crippen LogP contribution in [0.1, 0.15) is 54.2 Å². The van der Waals surface area contributed by atoms with Gasteiger partial charge in [-0.2, -0.15) is 0 Å². The number of primary amides is 1. The van der Waals surface area contributed by atoms with E-state index in [-0.39, 0.29) is 23.6 Å². The smallest absolute Gasteiger partial charge is 0.312 e. The summed E-state index contributed by atoms with van der Waals surface area (Å²) in [4.78, 5) is 41.4. The zero-order valence-corrected chi connectivity index (χ0v) is 14.4. The second-order valence-corrected chi connectivity index (χ2v) is 6.71. The highest BCUT2D eigenvalue weighted by molar-refractivity contribution is 5.93. The largest absolute Gasteiger partial charge is 0.435 e. The van der Waals surface area contributed by atoms with Crippen LogP contribution in [0.25, 0.3) is 0 Å².